The van der Waals surface area contributed by atoms with Crippen LogP contribution in [-0.4, -0.2) is 22.4 Å². The van der Waals surface area contributed by atoms with Crippen LogP contribution in [0, 0.1) is 6.92 Å². The molecule has 1 heterocycles. The lowest BCUT2D eigenvalue weighted by Crippen LogP contribution is -2.34. The van der Waals surface area contributed by atoms with Crippen molar-refractivity contribution in [3.05, 3.63) is 45.2 Å². The van der Waals surface area contributed by atoms with Gasteiger partial charge in [0.15, 0.2) is 0 Å². The monoisotopic (exact) mass is 400 g/mol. The van der Waals surface area contributed by atoms with Crippen molar-refractivity contribution in [1.82, 2.24) is 9.97 Å². The van der Waals surface area contributed by atoms with Gasteiger partial charge >= 0.3 is 6.03 Å². The number of aryl methyl sites for hydroxylation is 2. The minimum absolute atomic E-state index is 0.0765. The number of primary amides is 1. The van der Waals surface area contributed by atoms with Gasteiger partial charge in [-0.3, -0.25) is 0 Å². The first kappa shape index (κ1) is 18.8. The third kappa shape index (κ3) is 3.33. The Morgan fingerprint density at radius 2 is 2.08 bits per heavy atom. The third-order valence-electron chi connectivity index (χ3n) is 4.40. The highest BCUT2D eigenvalue weighted by molar-refractivity contribution is 6.34. The van der Waals surface area contributed by atoms with E-state index in [0.29, 0.717) is 36.2 Å². The van der Waals surface area contributed by atoms with Crippen LogP contribution in [0.1, 0.15) is 35.6 Å². The minimum Gasteiger partial charge on any atom is -0.351 e. The summed E-state index contributed by atoms with van der Waals surface area (Å²) in [6.07, 6.45) is -1.21. The van der Waals surface area contributed by atoms with Crippen LogP contribution in [0.15, 0.2) is 18.2 Å². The fraction of sp³-hybridized carbons (Fsp3) is 0.353. The number of nitrogens with two attached hydrogens (primary N) is 1. The maximum absolute atomic E-state index is 13.3. The maximum atomic E-state index is 13.3. The molecular formula is C17H16Cl2F2N4O. The molecule has 0 radical (unpaired) electrons. The molecule has 0 saturated carbocycles. The van der Waals surface area contributed by atoms with Crippen molar-refractivity contribution in [1.29, 1.82) is 0 Å². The van der Waals surface area contributed by atoms with Crippen molar-refractivity contribution >= 4 is 40.9 Å². The number of carbonyl (C=O) groups excluding carboxylic acids is 1. The van der Waals surface area contributed by atoms with Gasteiger partial charge in [-0.25, -0.2) is 23.5 Å². The van der Waals surface area contributed by atoms with Crippen LogP contribution in [0.5, 0.6) is 0 Å². The molecule has 0 spiro atoms. The first-order chi connectivity index (χ1) is 12.3. The average Bonchev–Trinajstić information content (AvgIpc) is 2.57. The number of carbonyl (C=O) groups is 1. The average molecular weight is 401 g/mol. The molecule has 2 amide bonds. The van der Waals surface area contributed by atoms with Crippen molar-refractivity contribution in [2.75, 3.05) is 4.90 Å². The summed E-state index contributed by atoms with van der Waals surface area (Å²) in [5.74, 6) is -1.09. The fourth-order valence-corrected chi connectivity index (χ4v) is 3.86. The zero-order valence-electron chi connectivity index (χ0n) is 13.8. The van der Waals surface area contributed by atoms with Crippen molar-refractivity contribution in [2.45, 2.75) is 38.5 Å². The highest BCUT2D eigenvalue weighted by atomic mass is 35.5. The van der Waals surface area contributed by atoms with E-state index < -0.39 is 18.4 Å². The van der Waals surface area contributed by atoms with Gasteiger partial charge in [-0.1, -0.05) is 35.3 Å². The van der Waals surface area contributed by atoms with Gasteiger partial charge < -0.3 is 5.73 Å². The fourth-order valence-electron chi connectivity index (χ4n) is 3.23. The van der Waals surface area contributed by atoms with Crippen LogP contribution >= 0.6 is 23.2 Å². The summed E-state index contributed by atoms with van der Waals surface area (Å²) in [4.78, 5) is 21.6. The number of alkyl halides is 2. The lowest BCUT2D eigenvalue weighted by atomic mass is 9.87. The molecule has 138 valence electrons. The summed E-state index contributed by atoms with van der Waals surface area (Å²) in [6.45, 7) is 1.75. The Hall–Kier alpha value is -1.99. The largest absolute Gasteiger partial charge is 0.351 e. The van der Waals surface area contributed by atoms with Crippen molar-refractivity contribution in [2.24, 2.45) is 5.73 Å². The summed E-state index contributed by atoms with van der Waals surface area (Å²) in [5, 5.41) is 0.192. The van der Waals surface area contributed by atoms with E-state index in [0.717, 1.165) is 4.90 Å². The Bertz CT molecular complexity index is 843. The number of para-hydroxylation sites is 1. The summed E-state index contributed by atoms with van der Waals surface area (Å²) in [5.41, 5.74) is 7.19. The molecule has 9 heteroatoms. The Morgan fingerprint density at radius 1 is 1.35 bits per heavy atom. The van der Waals surface area contributed by atoms with Gasteiger partial charge in [-0.15, -0.1) is 0 Å². The van der Waals surface area contributed by atoms with Gasteiger partial charge in [-0.2, -0.15) is 4.98 Å². The molecule has 26 heavy (non-hydrogen) atoms. The zero-order valence-corrected chi connectivity index (χ0v) is 15.4. The quantitative estimate of drug-likeness (QED) is 0.737. The molecule has 0 saturated heterocycles. The standard InChI is InChI=1S/C17H16Cl2F2N4O/c1-8-4-2-6-10(18)13(8)25(16(22)26)17-23-11-7-3-5-9(15(20)21)12(11)14(19)24-17/h2,4,6,9,15H,3,5,7H2,1H3,(H2,22,26). The maximum Gasteiger partial charge on any atom is 0.326 e. The van der Waals surface area contributed by atoms with Gasteiger partial charge in [-0.05, 0) is 37.8 Å². The third-order valence-corrected chi connectivity index (χ3v) is 5.00. The van der Waals surface area contributed by atoms with Crippen LogP contribution in [-0.2, 0) is 6.42 Å². The number of halogens is 4. The number of rotatable bonds is 3. The summed E-state index contributed by atoms with van der Waals surface area (Å²) in [7, 11) is 0. The van der Waals surface area contributed by atoms with Crippen LogP contribution in [0.3, 0.4) is 0 Å². The second-order valence-corrected chi connectivity index (χ2v) is 6.85. The van der Waals surface area contributed by atoms with E-state index in [9.17, 15) is 13.6 Å². The number of benzene rings is 1. The van der Waals surface area contributed by atoms with Crippen molar-refractivity contribution in [3.63, 3.8) is 0 Å². The Kier molecular flexibility index (Phi) is 5.29. The van der Waals surface area contributed by atoms with E-state index in [2.05, 4.69) is 9.97 Å². The highest BCUT2D eigenvalue weighted by Gasteiger charge is 2.33. The number of urea groups is 1. The second-order valence-electron chi connectivity index (χ2n) is 6.09. The topological polar surface area (TPSA) is 72.1 Å². The molecule has 0 aliphatic heterocycles. The van der Waals surface area contributed by atoms with Crippen LogP contribution in [0.2, 0.25) is 10.2 Å². The molecule has 2 N–H and O–H groups in total. The zero-order chi connectivity index (χ0) is 19.0. The van der Waals surface area contributed by atoms with E-state index in [-0.39, 0.29) is 21.7 Å². The number of hydrogen-bond donors (Lipinski definition) is 1. The lowest BCUT2D eigenvalue weighted by molar-refractivity contribution is 0.105. The number of nitrogens with zero attached hydrogens (tertiary/aromatic N) is 3. The van der Waals surface area contributed by atoms with Crippen LogP contribution < -0.4 is 10.6 Å². The van der Waals surface area contributed by atoms with Gasteiger partial charge in [0.1, 0.15) is 5.15 Å². The number of fused-ring (bicyclic) bond motifs is 1. The van der Waals surface area contributed by atoms with Crippen molar-refractivity contribution in [3.8, 4) is 0 Å². The van der Waals surface area contributed by atoms with Crippen LogP contribution in [0.25, 0.3) is 0 Å². The smallest absolute Gasteiger partial charge is 0.326 e. The van der Waals surface area contributed by atoms with E-state index in [1.807, 2.05) is 0 Å². The van der Waals surface area contributed by atoms with Gasteiger partial charge in [0, 0.05) is 11.5 Å². The molecule has 3 rings (SSSR count). The Labute approximate surface area is 159 Å². The number of aromatic nitrogens is 2. The molecule has 0 fully saturated rings. The molecule has 1 aliphatic carbocycles. The first-order valence-corrected chi connectivity index (χ1v) is 8.76. The lowest BCUT2D eigenvalue weighted by Gasteiger charge is -2.27. The molecule has 0 bridgehead atoms. The normalized spacial score (nSPS) is 16.5. The van der Waals surface area contributed by atoms with Gasteiger partial charge in [0.2, 0.25) is 12.4 Å². The summed E-state index contributed by atoms with van der Waals surface area (Å²) in [6, 6.07) is 4.24. The van der Waals surface area contributed by atoms with Crippen molar-refractivity contribution < 1.29 is 13.6 Å². The van der Waals surface area contributed by atoms with E-state index in [4.69, 9.17) is 28.9 Å². The molecule has 1 aromatic carbocycles. The Morgan fingerprint density at radius 3 is 2.69 bits per heavy atom. The van der Waals surface area contributed by atoms with Gasteiger partial charge in [0.25, 0.3) is 0 Å². The molecule has 1 atom stereocenters. The molecule has 5 nitrogen and oxygen atoms in total. The molecule has 1 aromatic heterocycles. The molecular weight excluding hydrogens is 385 g/mol. The number of hydrogen-bond acceptors (Lipinski definition) is 3. The SMILES string of the molecule is Cc1cccc(Cl)c1N(C(N)=O)c1nc(Cl)c2c(n1)CCCC2C(F)F. The van der Waals surface area contributed by atoms with E-state index >= 15 is 0 Å². The minimum atomic E-state index is -2.56. The number of amides is 2. The van der Waals surface area contributed by atoms with Crippen LogP contribution in [0.4, 0.5) is 25.2 Å². The van der Waals surface area contributed by atoms with Gasteiger partial charge in [0.05, 0.1) is 16.4 Å². The predicted octanol–water partition coefficient (Wildman–Crippen LogP) is 4.99. The first-order valence-electron chi connectivity index (χ1n) is 8.00. The predicted molar refractivity (Wildman–Crippen MR) is 96.6 cm³/mol. The highest BCUT2D eigenvalue weighted by Crippen LogP contribution is 2.41. The molecule has 2 aromatic rings. The summed E-state index contributed by atoms with van der Waals surface area (Å²) < 4.78 is 26.6. The Balaban J connectivity index is 2.16. The second kappa shape index (κ2) is 7.32. The number of anilines is 2. The molecule has 1 unspecified atom stereocenters. The van der Waals surface area contributed by atoms with E-state index in [1.54, 1.807) is 25.1 Å². The summed E-state index contributed by atoms with van der Waals surface area (Å²) >= 11 is 12.4. The van der Waals surface area contributed by atoms with E-state index in [1.165, 1.54) is 0 Å². The molecule has 1 aliphatic rings.